The molecule has 1 aromatic heterocycles. The van der Waals surface area contributed by atoms with E-state index in [4.69, 9.17) is 4.74 Å². The van der Waals surface area contributed by atoms with Gasteiger partial charge >= 0.3 is 11.9 Å². The van der Waals surface area contributed by atoms with E-state index in [9.17, 15) is 23.5 Å². The van der Waals surface area contributed by atoms with Crippen LogP contribution in [0.5, 0.6) is 0 Å². The summed E-state index contributed by atoms with van der Waals surface area (Å²) in [5.74, 6) is -4.96. The van der Waals surface area contributed by atoms with E-state index in [0.717, 1.165) is 37.0 Å². The zero-order chi connectivity index (χ0) is 26.8. The molecule has 2 heterocycles. The smallest absolute Gasteiger partial charge is 0.348 e. The van der Waals surface area contributed by atoms with Crippen molar-refractivity contribution in [2.24, 2.45) is 5.92 Å². The van der Waals surface area contributed by atoms with Crippen LogP contribution in [0.25, 0.3) is 0 Å². The van der Waals surface area contributed by atoms with E-state index < -0.39 is 36.4 Å². The Labute approximate surface area is 222 Å². The Morgan fingerprint density at radius 2 is 1.92 bits per heavy atom. The van der Waals surface area contributed by atoms with Crippen LogP contribution in [0.3, 0.4) is 0 Å². The predicted octanol–water partition coefficient (Wildman–Crippen LogP) is 6.06. The molecule has 3 atom stereocenters. The maximum absolute atomic E-state index is 14.2. The van der Waals surface area contributed by atoms with E-state index >= 15 is 0 Å². The molecular weight excluding hydrogens is 496 g/mol. The maximum Gasteiger partial charge on any atom is 0.348 e. The third-order valence-corrected chi connectivity index (χ3v) is 8.02. The Morgan fingerprint density at radius 1 is 1.16 bits per heavy atom. The number of ether oxygens (including phenoxy) is 1. The fourth-order valence-corrected chi connectivity index (χ4v) is 5.59. The number of hydrogen-bond acceptors (Lipinski definition) is 5. The normalized spacial score (nSPS) is 18.9. The highest BCUT2D eigenvalue weighted by molar-refractivity contribution is 7.13. The Hall–Kier alpha value is -2.58. The van der Waals surface area contributed by atoms with Gasteiger partial charge in [0, 0.05) is 17.8 Å². The number of aryl methyl sites for hydroxylation is 2. The van der Waals surface area contributed by atoms with Gasteiger partial charge < -0.3 is 14.7 Å². The number of likely N-dealkylation sites (tertiary alicyclic amines) is 1. The van der Waals surface area contributed by atoms with Crippen molar-refractivity contribution in [3.05, 3.63) is 69.9 Å². The number of aliphatic hydroxyl groups is 1. The number of carbonyl (C=O) groups is 2. The molecule has 1 N–H and O–H groups in total. The van der Waals surface area contributed by atoms with Gasteiger partial charge in [-0.15, -0.1) is 11.3 Å². The van der Waals surface area contributed by atoms with Gasteiger partial charge in [0.1, 0.15) is 4.88 Å². The standard InChI is InChI=1S/C29H37F2NO4S/c1-21(10-5-3-6-11-22-12-7-4-8-13-22)25(33)17-15-23-20-29(30,31)28(35)32(23)19-9-14-24-16-18-26(37-24)27(34)36-2/h4,7-8,12-13,15-18,21,23,25,33H,3,5-6,9-11,14,19-20H2,1-2H3. The number of hydrogen-bond donors (Lipinski definition) is 1. The van der Waals surface area contributed by atoms with Gasteiger partial charge in [0.2, 0.25) is 0 Å². The van der Waals surface area contributed by atoms with E-state index in [0.29, 0.717) is 17.7 Å². The van der Waals surface area contributed by atoms with Crippen molar-refractivity contribution in [2.75, 3.05) is 13.7 Å². The van der Waals surface area contributed by atoms with Crippen molar-refractivity contribution in [1.29, 1.82) is 0 Å². The lowest BCUT2D eigenvalue weighted by atomic mass is 9.95. The first-order valence-corrected chi connectivity index (χ1v) is 13.8. The summed E-state index contributed by atoms with van der Waals surface area (Å²) in [6, 6.07) is 13.1. The zero-order valence-corrected chi connectivity index (χ0v) is 22.4. The van der Waals surface area contributed by atoms with Crippen LogP contribution >= 0.6 is 11.3 Å². The van der Waals surface area contributed by atoms with Gasteiger partial charge in [-0.1, -0.05) is 62.2 Å². The van der Waals surface area contributed by atoms with Crippen molar-refractivity contribution in [3.63, 3.8) is 0 Å². The summed E-state index contributed by atoms with van der Waals surface area (Å²) < 4.78 is 33.2. The molecule has 0 aliphatic carbocycles. The van der Waals surface area contributed by atoms with Crippen LogP contribution in [0, 0.1) is 5.92 Å². The van der Waals surface area contributed by atoms with Gasteiger partial charge in [0.05, 0.1) is 19.3 Å². The molecular formula is C29H37F2NO4S. The lowest BCUT2D eigenvalue weighted by Gasteiger charge is -2.22. The second kappa shape index (κ2) is 13.8. The summed E-state index contributed by atoms with van der Waals surface area (Å²) in [6.07, 6.45) is 7.91. The summed E-state index contributed by atoms with van der Waals surface area (Å²) in [6.45, 7) is 2.14. The molecule has 1 aliphatic rings. The van der Waals surface area contributed by atoms with E-state index in [2.05, 4.69) is 12.1 Å². The fraction of sp³-hybridized carbons (Fsp3) is 0.517. The SMILES string of the molecule is COC(=O)c1ccc(CCCN2C(=O)C(F)(F)CC2C=CC(O)C(C)CCCCCc2ccccc2)s1. The van der Waals surface area contributed by atoms with Crippen LogP contribution in [-0.4, -0.2) is 53.6 Å². The van der Waals surface area contributed by atoms with Crippen molar-refractivity contribution < 1.29 is 28.2 Å². The Kier molecular flexibility index (Phi) is 10.8. The van der Waals surface area contributed by atoms with Gasteiger partial charge in [-0.2, -0.15) is 8.78 Å². The molecule has 5 nitrogen and oxygen atoms in total. The number of esters is 1. The molecule has 0 bridgehead atoms. The Balaban J connectivity index is 1.45. The lowest BCUT2D eigenvalue weighted by Crippen LogP contribution is -2.36. The monoisotopic (exact) mass is 533 g/mol. The van der Waals surface area contributed by atoms with Crippen LogP contribution in [0.1, 0.15) is 65.6 Å². The minimum absolute atomic E-state index is 0.00174. The molecule has 37 heavy (non-hydrogen) atoms. The van der Waals surface area contributed by atoms with Gasteiger partial charge in [0.25, 0.3) is 5.91 Å². The van der Waals surface area contributed by atoms with Crippen LogP contribution in [0.15, 0.2) is 54.6 Å². The van der Waals surface area contributed by atoms with Crippen molar-refractivity contribution in [1.82, 2.24) is 4.90 Å². The molecule has 2 aromatic rings. The van der Waals surface area contributed by atoms with Crippen LogP contribution in [0.2, 0.25) is 0 Å². The third kappa shape index (κ3) is 8.47. The highest BCUT2D eigenvalue weighted by Gasteiger charge is 2.52. The van der Waals surface area contributed by atoms with E-state index in [1.54, 1.807) is 18.2 Å². The Morgan fingerprint density at radius 3 is 2.65 bits per heavy atom. The first kappa shape index (κ1) is 29.0. The van der Waals surface area contributed by atoms with E-state index in [-0.39, 0.29) is 12.5 Å². The van der Waals surface area contributed by atoms with Crippen LogP contribution < -0.4 is 0 Å². The van der Waals surface area contributed by atoms with E-state index in [1.165, 1.54) is 28.9 Å². The second-order valence-electron chi connectivity index (χ2n) is 9.77. The number of thiophene rings is 1. The van der Waals surface area contributed by atoms with Crippen molar-refractivity contribution in [2.45, 2.75) is 76.4 Å². The number of halogens is 2. The molecule has 3 unspecified atom stereocenters. The van der Waals surface area contributed by atoms with Crippen molar-refractivity contribution in [3.8, 4) is 0 Å². The molecule has 1 aliphatic heterocycles. The molecule has 1 aromatic carbocycles. The summed E-state index contributed by atoms with van der Waals surface area (Å²) in [5.41, 5.74) is 1.33. The molecule has 0 spiro atoms. The number of amides is 1. The van der Waals surface area contributed by atoms with Gasteiger partial charge in [-0.25, -0.2) is 4.79 Å². The Bertz CT molecular complexity index is 1040. The number of alkyl halides is 2. The molecule has 3 rings (SSSR count). The highest BCUT2D eigenvalue weighted by atomic mass is 32.1. The van der Waals surface area contributed by atoms with Gasteiger partial charge in [-0.05, 0) is 55.7 Å². The summed E-state index contributed by atoms with van der Waals surface area (Å²) in [5, 5.41) is 10.6. The predicted molar refractivity (Wildman–Crippen MR) is 142 cm³/mol. The molecule has 0 radical (unpaired) electrons. The van der Waals surface area contributed by atoms with Gasteiger partial charge in [-0.3, -0.25) is 4.79 Å². The maximum atomic E-state index is 14.2. The van der Waals surface area contributed by atoms with Crippen LogP contribution in [0.4, 0.5) is 8.78 Å². The number of nitrogens with zero attached hydrogens (tertiary/aromatic N) is 1. The van der Waals surface area contributed by atoms with Crippen LogP contribution in [-0.2, 0) is 22.4 Å². The summed E-state index contributed by atoms with van der Waals surface area (Å²) in [4.78, 5) is 26.6. The number of aliphatic hydroxyl groups excluding tert-OH is 1. The summed E-state index contributed by atoms with van der Waals surface area (Å²) in [7, 11) is 1.32. The molecule has 1 saturated heterocycles. The molecule has 8 heteroatoms. The van der Waals surface area contributed by atoms with E-state index in [1.807, 2.05) is 31.2 Å². The third-order valence-electron chi connectivity index (χ3n) is 6.89. The molecule has 202 valence electrons. The minimum atomic E-state index is -3.40. The lowest BCUT2D eigenvalue weighted by molar-refractivity contribution is -0.148. The van der Waals surface area contributed by atoms with Gasteiger partial charge in [0.15, 0.2) is 0 Å². The first-order chi connectivity index (χ1) is 17.7. The first-order valence-electron chi connectivity index (χ1n) is 13.0. The number of benzene rings is 1. The second-order valence-corrected chi connectivity index (χ2v) is 10.9. The van der Waals surface area contributed by atoms with Crippen molar-refractivity contribution >= 4 is 23.2 Å². The largest absolute Gasteiger partial charge is 0.465 e. The fourth-order valence-electron chi connectivity index (χ4n) is 4.63. The zero-order valence-electron chi connectivity index (χ0n) is 21.6. The number of rotatable bonds is 14. The molecule has 0 saturated carbocycles. The topological polar surface area (TPSA) is 66.8 Å². The average Bonchev–Trinajstić information content (AvgIpc) is 3.45. The molecule has 1 amide bonds. The highest BCUT2D eigenvalue weighted by Crippen LogP contribution is 2.34. The minimum Gasteiger partial charge on any atom is -0.465 e. The number of carbonyl (C=O) groups excluding carboxylic acids is 2. The quantitative estimate of drug-likeness (QED) is 0.182. The number of methoxy groups -OCH3 is 1. The average molecular weight is 534 g/mol. The summed E-state index contributed by atoms with van der Waals surface area (Å²) >= 11 is 1.30. The number of unbranched alkanes of at least 4 members (excludes halogenated alkanes) is 2. The molecule has 1 fully saturated rings.